The van der Waals surface area contributed by atoms with Gasteiger partial charge in [0.15, 0.2) is 5.78 Å². The van der Waals surface area contributed by atoms with E-state index in [0.29, 0.717) is 6.42 Å². The minimum atomic E-state index is 0.246. The van der Waals surface area contributed by atoms with Crippen LogP contribution in [0.5, 0.6) is 0 Å². The van der Waals surface area contributed by atoms with Crippen molar-refractivity contribution in [1.82, 2.24) is 0 Å². The average molecular weight is 262 g/mol. The summed E-state index contributed by atoms with van der Waals surface area (Å²) in [5.41, 5.74) is 0. The van der Waals surface area contributed by atoms with Gasteiger partial charge in [0.25, 0.3) is 0 Å². The van der Waals surface area contributed by atoms with Crippen LogP contribution in [0.4, 0.5) is 0 Å². The van der Waals surface area contributed by atoms with Crippen LogP contribution in [0, 0.1) is 0 Å². The van der Waals surface area contributed by atoms with Gasteiger partial charge >= 0.3 is 0 Å². The van der Waals surface area contributed by atoms with E-state index in [4.69, 9.17) is 0 Å². The fraction of sp³-hybridized carbons (Fsp3) is 0.611. The summed E-state index contributed by atoms with van der Waals surface area (Å²) in [6.45, 7) is 4.22. The maximum atomic E-state index is 11.5. The second-order valence-corrected chi connectivity index (χ2v) is 4.96. The molecule has 1 nitrogen and oxygen atoms in total. The van der Waals surface area contributed by atoms with Crippen LogP contribution < -0.4 is 0 Å². The first-order valence-corrected chi connectivity index (χ1v) is 7.80. The monoisotopic (exact) mass is 262 g/mol. The van der Waals surface area contributed by atoms with Gasteiger partial charge in [-0.1, -0.05) is 82.2 Å². The van der Waals surface area contributed by atoms with Crippen molar-refractivity contribution in [1.29, 1.82) is 0 Å². The Labute approximate surface area is 119 Å². The number of rotatable bonds is 12. The van der Waals surface area contributed by atoms with Crippen molar-refractivity contribution in [2.24, 2.45) is 0 Å². The first-order valence-electron chi connectivity index (χ1n) is 7.80. The van der Waals surface area contributed by atoms with Crippen LogP contribution in [-0.4, -0.2) is 5.78 Å². The molecule has 0 bridgehead atoms. The first-order chi connectivity index (χ1) is 9.31. The molecule has 0 saturated heterocycles. The van der Waals surface area contributed by atoms with Crippen molar-refractivity contribution < 1.29 is 4.79 Å². The lowest BCUT2D eigenvalue weighted by molar-refractivity contribution is -0.114. The Morgan fingerprint density at radius 1 is 0.789 bits per heavy atom. The predicted octanol–water partition coefficient (Wildman–Crippen LogP) is 5.77. The van der Waals surface area contributed by atoms with E-state index in [9.17, 15) is 4.79 Å². The molecular formula is C18H30O. The zero-order valence-electron chi connectivity index (χ0n) is 12.7. The molecule has 0 N–H and O–H groups in total. The molecule has 0 aromatic heterocycles. The van der Waals surface area contributed by atoms with Crippen molar-refractivity contribution in [2.45, 2.75) is 71.6 Å². The van der Waals surface area contributed by atoms with Crippen LogP contribution in [0.25, 0.3) is 0 Å². The van der Waals surface area contributed by atoms with Crippen molar-refractivity contribution in [3.8, 4) is 0 Å². The molecule has 0 heterocycles. The summed E-state index contributed by atoms with van der Waals surface area (Å²) in [6.07, 6.45) is 22.2. The van der Waals surface area contributed by atoms with Gasteiger partial charge < -0.3 is 0 Å². The summed E-state index contributed by atoms with van der Waals surface area (Å²) in [7, 11) is 0. The molecule has 0 rings (SSSR count). The molecule has 0 amide bonds. The SMILES string of the molecule is C/C=C/C=C/C=C/C(=O)CCCCCCCCCC. The van der Waals surface area contributed by atoms with Gasteiger partial charge in [-0.05, 0) is 19.4 Å². The van der Waals surface area contributed by atoms with Crippen LogP contribution in [0.2, 0.25) is 0 Å². The number of unbranched alkanes of at least 4 members (excludes halogenated alkanes) is 7. The van der Waals surface area contributed by atoms with E-state index in [1.807, 2.05) is 37.3 Å². The Bertz CT molecular complexity index is 284. The van der Waals surface area contributed by atoms with E-state index >= 15 is 0 Å². The molecule has 0 aromatic carbocycles. The number of hydrogen-bond acceptors (Lipinski definition) is 1. The largest absolute Gasteiger partial charge is 0.295 e. The van der Waals surface area contributed by atoms with Gasteiger partial charge in [0.05, 0.1) is 0 Å². The second kappa shape index (κ2) is 14.9. The fourth-order valence-corrected chi connectivity index (χ4v) is 1.92. The van der Waals surface area contributed by atoms with Crippen molar-refractivity contribution >= 4 is 5.78 Å². The predicted molar refractivity (Wildman–Crippen MR) is 85.3 cm³/mol. The number of carbonyl (C=O) groups excluding carboxylic acids is 1. The second-order valence-electron chi connectivity index (χ2n) is 4.96. The highest BCUT2D eigenvalue weighted by Crippen LogP contribution is 2.09. The number of ketones is 1. The lowest BCUT2D eigenvalue weighted by Crippen LogP contribution is -1.92. The average Bonchev–Trinajstić information content (AvgIpc) is 2.41. The van der Waals surface area contributed by atoms with Crippen LogP contribution in [0.15, 0.2) is 36.5 Å². The van der Waals surface area contributed by atoms with Crippen LogP contribution >= 0.6 is 0 Å². The molecule has 0 fully saturated rings. The topological polar surface area (TPSA) is 17.1 Å². The summed E-state index contributed by atoms with van der Waals surface area (Å²) in [6, 6.07) is 0. The van der Waals surface area contributed by atoms with Gasteiger partial charge in [-0.25, -0.2) is 0 Å². The van der Waals surface area contributed by atoms with E-state index in [-0.39, 0.29) is 5.78 Å². The van der Waals surface area contributed by atoms with E-state index in [0.717, 1.165) is 6.42 Å². The van der Waals surface area contributed by atoms with Crippen molar-refractivity contribution in [3.05, 3.63) is 36.5 Å². The molecule has 0 aromatic rings. The molecule has 0 saturated carbocycles. The Morgan fingerprint density at radius 3 is 2.00 bits per heavy atom. The highest BCUT2D eigenvalue weighted by atomic mass is 16.1. The highest BCUT2D eigenvalue weighted by Gasteiger charge is 1.96. The van der Waals surface area contributed by atoms with Crippen molar-refractivity contribution in [3.63, 3.8) is 0 Å². The zero-order valence-corrected chi connectivity index (χ0v) is 12.7. The maximum absolute atomic E-state index is 11.5. The Hall–Kier alpha value is -1.11. The normalized spacial score (nSPS) is 12.1. The molecule has 0 aliphatic carbocycles. The molecule has 0 atom stereocenters. The van der Waals surface area contributed by atoms with Gasteiger partial charge in [0, 0.05) is 6.42 Å². The molecule has 0 aliphatic rings. The fourth-order valence-electron chi connectivity index (χ4n) is 1.92. The summed E-state index contributed by atoms with van der Waals surface area (Å²) in [5.74, 6) is 0.246. The van der Waals surface area contributed by atoms with Crippen LogP contribution in [-0.2, 0) is 4.79 Å². The number of hydrogen-bond donors (Lipinski definition) is 0. The molecular weight excluding hydrogens is 232 g/mol. The third-order valence-corrected chi connectivity index (χ3v) is 3.08. The zero-order chi connectivity index (χ0) is 14.2. The lowest BCUT2D eigenvalue weighted by Gasteiger charge is -2.00. The quantitative estimate of drug-likeness (QED) is 0.248. The van der Waals surface area contributed by atoms with E-state index in [1.54, 1.807) is 6.08 Å². The van der Waals surface area contributed by atoms with E-state index in [2.05, 4.69) is 6.92 Å². The Kier molecular flexibility index (Phi) is 14.1. The Balaban J connectivity index is 3.38. The van der Waals surface area contributed by atoms with Gasteiger partial charge in [0.1, 0.15) is 0 Å². The first kappa shape index (κ1) is 17.9. The van der Waals surface area contributed by atoms with Crippen LogP contribution in [0.1, 0.15) is 71.6 Å². The summed E-state index contributed by atoms with van der Waals surface area (Å²) < 4.78 is 0. The maximum Gasteiger partial charge on any atom is 0.155 e. The minimum absolute atomic E-state index is 0.246. The highest BCUT2D eigenvalue weighted by molar-refractivity contribution is 5.89. The number of carbonyl (C=O) groups is 1. The summed E-state index contributed by atoms with van der Waals surface area (Å²) in [4.78, 5) is 11.5. The number of allylic oxidation sites excluding steroid dienone is 6. The molecule has 0 aliphatic heterocycles. The molecule has 1 heteroatoms. The molecule has 0 radical (unpaired) electrons. The Morgan fingerprint density at radius 2 is 1.37 bits per heavy atom. The third kappa shape index (κ3) is 14.8. The van der Waals surface area contributed by atoms with Gasteiger partial charge in [0.2, 0.25) is 0 Å². The van der Waals surface area contributed by atoms with E-state index in [1.165, 1.54) is 44.9 Å². The van der Waals surface area contributed by atoms with Gasteiger partial charge in [-0.15, -0.1) is 0 Å². The smallest absolute Gasteiger partial charge is 0.155 e. The standard InChI is InChI=1S/C18H30O/c1-3-5-7-9-10-11-13-15-17-18(19)16-14-12-8-6-4-2/h4,6,8,12,14,16H,3,5,7,9-11,13,15,17H2,1-2H3/b6-4+,12-8+,16-14+. The van der Waals surface area contributed by atoms with Crippen molar-refractivity contribution in [2.75, 3.05) is 0 Å². The summed E-state index contributed by atoms with van der Waals surface area (Å²) in [5, 5.41) is 0. The lowest BCUT2D eigenvalue weighted by atomic mass is 10.1. The third-order valence-electron chi connectivity index (χ3n) is 3.08. The van der Waals surface area contributed by atoms with Gasteiger partial charge in [-0.2, -0.15) is 0 Å². The summed E-state index contributed by atoms with van der Waals surface area (Å²) >= 11 is 0. The minimum Gasteiger partial charge on any atom is -0.295 e. The van der Waals surface area contributed by atoms with Gasteiger partial charge in [-0.3, -0.25) is 4.79 Å². The van der Waals surface area contributed by atoms with E-state index < -0.39 is 0 Å². The molecule has 0 spiro atoms. The van der Waals surface area contributed by atoms with Crippen LogP contribution in [0.3, 0.4) is 0 Å². The molecule has 19 heavy (non-hydrogen) atoms. The molecule has 108 valence electrons. The molecule has 0 unspecified atom stereocenters.